The predicted octanol–water partition coefficient (Wildman–Crippen LogP) is -0.710. The van der Waals surface area contributed by atoms with Crippen LogP contribution in [0.3, 0.4) is 0 Å². The van der Waals surface area contributed by atoms with Crippen molar-refractivity contribution in [3.63, 3.8) is 0 Å². The zero-order valence-electron chi connectivity index (χ0n) is 6.70. The molecule has 0 aromatic rings. The minimum absolute atomic E-state index is 0.711. The first-order valence-corrected chi connectivity index (χ1v) is 3.40. The maximum Gasteiger partial charge on any atom is 0.375 e. The van der Waals surface area contributed by atoms with Crippen molar-refractivity contribution in [2.75, 3.05) is 7.11 Å². The Morgan fingerprint density at radius 3 is 2.42 bits per heavy atom. The Balaban J connectivity index is 2.83. The van der Waals surface area contributed by atoms with E-state index in [4.69, 9.17) is 0 Å². The van der Waals surface area contributed by atoms with Crippen LogP contribution in [0.2, 0.25) is 0 Å². The SMILES string of the molecule is COC(=O)C1C(=O)C(=O)O[C@H]1C. The van der Waals surface area contributed by atoms with Gasteiger partial charge in [0.1, 0.15) is 6.10 Å². The molecular formula is C7H8O5. The number of ketones is 1. The predicted molar refractivity (Wildman–Crippen MR) is 36.1 cm³/mol. The largest absolute Gasteiger partial charge is 0.468 e. The fourth-order valence-corrected chi connectivity index (χ4v) is 1.06. The lowest BCUT2D eigenvalue weighted by Crippen LogP contribution is -2.28. The van der Waals surface area contributed by atoms with E-state index in [1.54, 1.807) is 0 Å². The van der Waals surface area contributed by atoms with Gasteiger partial charge in [-0.25, -0.2) is 4.79 Å². The zero-order chi connectivity index (χ0) is 9.30. The Morgan fingerprint density at radius 2 is 2.08 bits per heavy atom. The number of Topliss-reactive ketones (excluding diaryl/α,β-unsaturated/α-hetero) is 1. The summed E-state index contributed by atoms with van der Waals surface area (Å²) >= 11 is 0. The number of ether oxygens (including phenoxy) is 2. The smallest absolute Gasteiger partial charge is 0.375 e. The molecule has 1 aliphatic rings. The van der Waals surface area contributed by atoms with Gasteiger partial charge < -0.3 is 9.47 Å². The standard InChI is InChI=1S/C7H8O5/c1-3-4(6(9)11-2)5(8)7(10)12-3/h3-4H,1-2H3/t3-,4?/m0/s1. The van der Waals surface area contributed by atoms with Crippen LogP contribution in [-0.4, -0.2) is 30.9 Å². The molecule has 0 radical (unpaired) electrons. The number of carbonyl (C=O) groups is 3. The van der Waals surface area contributed by atoms with Crippen molar-refractivity contribution >= 4 is 17.7 Å². The van der Waals surface area contributed by atoms with E-state index in [0.29, 0.717) is 0 Å². The third kappa shape index (κ3) is 1.17. The Morgan fingerprint density at radius 1 is 1.50 bits per heavy atom. The van der Waals surface area contributed by atoms with Gasteiger partial charge in [0.05, 0.1) is 7.11 Å². The number of rotatable bonds is 1. The van der Waals surface area contributed by atoms with Gasteiger partial charge in [-0.05, 0) is 6.92 Å². The van der Waals surface area contributed by atoms with Crippen molar-refractivity contribution in [3.05, 3.63) is 0 Å². The molecular weight excluding hydrogens is 164 g/mol. The molecule has 0 aromatic heterocycles. The van der Waals surface area contributed by atoms with Crippen molar-refractivity contribution in [3.8, 4) is 0 Å². The maximum atomic E-state index is 10.9. The molecule has 1 aliphatic heterocycles. The van der Waals surface area contributed by atoms with Gasteiger partial charge in [0.15, 0.2) is 5.92 Å². The van der Waals surface area contributed by atoms with Crippen LogP contribution in [0.25, 0.3) is 0 Å². The molecule has 12 heavy (non-hydrogen) atoms. The number of cyclic esters (lactones) is 1. The molecule has 0 amide bonds. The van der Waals surface area contributed by atoms with Gasteiger partial charge in [-0.1, -0.05) is 0 Å². The first kappa shape index (κ1) is 8.70. The molecule has 0 bridgehead atoms. The Hall–Kier alpha value is -1.39. The van der Waals surface area contributed by atoms with Crippen LogP contribution >= 0.6 is 0 Å². The Labute approximate surface area is 68.6 Å². The molecule has 5 heteroatoms. The van der Waals surface area contributed by atoms with E-state index in [-0.39, 0.29) is 0 Å². The van der Waals surface area contributed by atoms with Gasteiger partial charge in [0, 0.05) is 0 Å². The van der Waals surface area contributed by atoms with Crippen LogP contribution in [0.4, 0.5) is 0 Å². The quantitative estimate of drug-likeness (QED) is 0.297. The average Bonchev–Trinajstić information content (AvgIpc) is 2.26. The molecule has 1 fully saturated rings. The van der Waals surface area contributed by atoms with Crippen molar-refractivity contribution in [2.45, 2.75) is 13.0 Å². The highest BCUT2D eigenvalue weighted by molar-refractivity contribution is 6.39. The maximum absolute atomic E-state index is 10.9. The number of hydrogen-bond acceptors (Lipinski definition) is 5. The molecule has 2 atom stereocenters. The second-order valence-electron chi connectivity index (χ2n) is 2.48. The summed E-state index contributed by atoms with van der Waals surface area (Å²) in [7, 11) is 1.16. The normalized spacial score (nSPS) is 28.5. The van der Waals surface area contributed by atoms with Gasteiger partial charge in [-0.15, -0.1) is 0 Å². The second-order valence-corrected chi connectivity index (χ2v) is 2.48. The molecule has 5 nitrogen and oxygen atoms in total. The molecule has 0 N–H and O–H groups in total. The summed E-state index contributed by atoms with van der Waals surface area (Å²) in [6, 6.07) is 0. The Bertz CT molecular complexity index is 244. The van der Waals surface area contributed by atoms with E-state index in [1.165, 1.54) is 6.92 Å². The Kier molecular flexibility index (Phi) is 2.12. The van der Waals surface area contributed by atoms with Crippen LogP contribution in [0.15, 0.2) is 0 Å². The van der Waals surface area contributed by atoms with Gasteiger partial charge in [0.25, 0.3) is 5.78 Å². The molecule has 0 saturated carbocycles. The fraction of sp³-hybridized carbons (Fsp3) is 0.571. The van der Waals surface area contributed by atoms with Crippen molar-refractivity contribution in [1.82, 2.24) is 0 Å². The summed E-state index contributed by atoms with van der Waals surface area (Å²) in [4.78, 5) is 32.5. The van der Waals surface area contributed by atoms with Crippen LogP contribution in [0.1, 0.15) is 6.92 Å². The molecule has 1 unspecified atom stereocenters. The summed E-state index contributed by atoms with van der Waals surface area (Å²) in [5.41, 5.74) is 0. The summed E-state index contributed by atoms with van der Waals surface area (Å²) in [5, 5.41) is 0. The zero-order valence-corrected chi connectivity index (χ0v) is 6.70. The summed E-state index contributed by atoms with van der Waals surface area (Å²) in [6.45, 7) is 1.48. The summed E-state index contributed by atoms with van der Waals surface area (Å²) in [5.74, 6) is -3.59. The van der Waals surface area contributed by atoms with E-state index in [2.05, 4.69) is 9.47 Å². The van der Waals surface area contributed by atoms with Crippen molar-refractivity contribution in [1.29, 1.82) is 0 Å². The number of carbonyl (C=O) groups excluding carboxylic acids is 3. The molecule has 1 rings (SSSR count). The summed E-state index contributed by atoms with van der Waals surface area (Å²) < 4.78 is 8.85. The van der Waals surface area contributed by atoms with E-state index in [9.17, 15) is 14.4 Å². The van der Waals surface area contributed by atoms with Crippen LogP contribution in [0, 0.1) is 5.92 Å². The van der Waals surface area contributed by atoms with Crippen LogP contribution in [-0.2, 0) is 23.9 Å². The van der Waals surface area contributed by atoms with E-state index in [0.717, 1.165) is 7.11 Å². The fourth-order valence-electron chi connectivity index (χ4n) is 1.06. The third-order valence-corrected chi connectivity index (χ3v) is 1.70. The van der Waals surface area contributed by atoms with Gasteiger partial charge in [-0.3, -0.25) is 9.59 Å². The third-order valence-electron chi connectivity index (χ3n) is 1.70. The molecule has 1 saturated heterocycles. The number of esters is 2. The minimum atomic E-state index is -1.08. The van der Waals surface area contributed by atoms with Crippen LogP contribution < -0.4 is 0 Å². The number of methoxy groups -OCH3 is 1. The van der Waals surface area contributed by atoms with Crippen molar-refractivity contribution in [2.24, 2.45) is 5.92 Å². The second kappa shape index (κ2) is 2.92. The highest BCUT2D eigenvalue weighted by Crippen LogP contribution is 2.19. The molecule has 0 aromatic carbocycles. The van der Waals surface area contributed by atoms with Gasteiger partial charge in [-0.2, -0.15) is 0 Å². The molecule has 0 spiro atoms. The van der Waals surface area contributed by atoms with Gasteiger partial charge >= 0.3 is 11.9 Å². The lowest BCUT2D eigenvalue weighted by atomic mass is 10.0. The minimum Gasteiger partial charge on any atom is -0.468 e. The first-order chi connectivity index (χ1) is 5.57. The highest BCUT2D eigenvalue weighted by atomic mass is 16.6. The van der Waals surface area contributed by atoms with Gasteiger partial charge in [0.2, 0.25) is 0 Å². The topological polar surface area (TPSA) is 69.7 Å². The number of hydrogen-bond donors (Lipinski definition) is 0. The monoisotopic (exact) mass is 172 g/mol. The van der Waals surface area contributed by atoms with Crippen LogP contribution in [0.5, 0.6) is 0 Å². The van der Waals surface area contributed by atoms with E-state index >= 15 is 0 Å². The first-order valence-electron chi connectivity index (χ1n) is 3.40. The lowest BCUT2D eigenvalue weighted by molar-refractivity contribution is -0.150. The van der Waals surface area contributed by atoms with Crippen molar-refractivity contribution < 1.29 is 23.9 Å². The van der Waals surface area contributed by atoms with E-state index < -0.39 is 29.7 Å². The summed E-state index contributed by atoms with van der Waals surface area (Å²) in [6.07, 6.45) is -0.711. The lowest BCUT2D eigenvalue weighted by Gasteiger charge is -2.07. The molecule has 0 aliphatic carbocycles. The average molecular weight is 172 g/mol. The molecule has 66 valence electrons. The van der Waals surface area contributed by atoms with E-state index in [1.807, 2.05) is 0 Å². The highest BCUT2D eigenvalue weighted by Gasteiger charge is 2.46. The molecule has 1 heterocycles.